The van der Waals surface area contributed by atoms with Crippen LogP contribution < -0.4 is 16.7 Å². The molecule has 0 saturated heterocycles. The van der Waals surface area contributed by atoms with Crippen molar-refractivity contribution in [3.8, 4) is 23.0 Å². The summed E-state index contributed by atoms with van der Waals surface area (Å²) in [6.45, 7) is 0. The van der Waals surface area contributed by atoms with Gasteiger partial charge in [-0.3, -0.25) is 0 Å². The van der Waals surface area contributed by atoms with Crippen LogP contribution >= 0.6 is 0 Å². The number of hydrogen-bond donors (Lipinski definition) is 0. The molecule has 0 bridgehead atoms. The van der Waals surface area contributed by atoms with Gasteiger partial charge in [0.15, 0.2) is 17.2 Å². The molecule has 16 heteroatoms. The first-order valence-electron chi connectivity index (χ1n) is 12.9. The molecule has 0 atom stereocenters. The molecule has 0 aromatic heterocycles. The van der Waals surface area contributed by atoms with Gasteiger partial charge in [0.2, 0.25) is 5.75 Å². The molecule has 0 aliphatic rings. The van der Waals surface area contributed by atoms with Crippen LogP contribution in [-0.4, -0.2) is 33.7 Å². The average Bonchev–Trinajstić information content (AvgIpc) is 3.04. The lowest BCUT2D eigenvalue weighted by Crippen LogP contribution is -2.17. The van der Waals surface area contributed by atoms with Crippen molar-refractivity contribution < 1.29 is 50.4 Å². The van der Waals surface area contributed by atoms with Crippen LogP contribution in [0.25, 0.3) is 0 Å². The number of rotatable bonds is 12. The fourth-order valence-electron chi connectivity index (χ4n) is 3.82. The maximum absolute atomic E-state index is 13.3. The lowest BCUT2D eigenvalue weighted by Gasteiger charge is -2.18. The predicted octanol–water partition coefficient (Wildman–Crippen LogP) is 4.76. The SMILES string of the molecule is O=S(=O)(Oc1cc(OS(=O)(=O)c2ccccc2)c(OS(=O)(=O)c2ccccc2)c(OS(=O)(=O)c2ccccc2)c1)c1ccccc1. The molecule has 238 valence electrons. The van der Waals surface area contributed by atoms with Crippen molar-refractivity contribution in [2.75, 3.05) is 0 Å². The summed E-state index contributed by atoms with van der Waals surface area (Å²) < 4.78 is 127. The predicted molar refractivity (Wildman–Crippen MR) is 163 cm³/mol. The second-order valence-electron chi connectivity index (χ2n) is 9.15. The van der Waals surface area contributed by atoms with Crippen molar-refractivity contribution in [2.24, 2.45) is 0 Å². The third-order valence-corrected chi connectivity index (χ3v) is 10.9. The van der Waals surface area contributed by atoms with E-state index in [0.29, 0.717) is 12.1 Å². The summed E-state index contributed by atoms with van der Waals surface area (Å²) in [6, 6.07) is 28.2. The van der Waals surface area contributed by atoms with E-state index < -0.39 is 68.4 Å². The summed E-state index contributed by atoms with van der Waals surface area (Å²) in [4.78, 5) is -1.46. The number of hydrogen-bond acceptors (Lipinski definition) is 12. The van der Waals surface area contributed by atoms with Gasteiger partial charge in [0.05, 0.1) is 0 Å². The monoisotopic (exact) mass is 702 g/mol. The van der Waals surface area contributed by atoms with Gasteiger partial charge in [-0.2, -0.15) is 33.7 Å². The standard InChI is InChI=1S/C30H22O12S4/c31-43(32,24-13-5-1-6-14-24)39-23-21-28(40-44(33,34)25-15-7-2-8-16-25)30(42-46(37,38)27-19-11-4-12-20-27)29(22-23)41-45(35,36)26-17-9-3-10-18-26/h1-22H. The van der Waals surface area contributed by atoms with Gasteiger partial charge in [-0.1, -0.05) is 72.8 Å². The molecule has 0 amide bonds. The first-order chi connectivity index (χ1) is 21.8. The Kier molecular flexibility index (Phi) is 9.07. The summed E-state index contributed by atoms with van der Waals surface area (Å²) in [7, 11) is -18.9. The summed E-state index contributed by atoms with van der Waals surface area (Å²) >= 11 is 0. The Morgan fingerprint density at radius 3 is 0.891 bits per heavy atom. The fourth-order valence-corrected chi connectivity index (χ4v) is 7.62. The van der Waals surface area contributed by atoms with E-state index in [1.807, 2.05) is 0 Å². The minimum absolute atomic E-state index is 0.305. The summed E-state index contributed by atoms with van der Waals surface area (Å²) in [5.41, 5.74) is 0. The third kappa shape index (κ3) is 7.48. The summed E-state index contributed by atoms with van der Waals surface area (Å²) in [5.74, 6) is -3.68. The Balaban J connectivity index is 1.72. The van der Waals surface area contributed by atoms with Crippen LogP contribution in [0.5, 0.6) is 23.0 Å². The van der Waals surface area contributed by atoms with Crippen molar-refractivity contribution in [1.82, 2.24) is 0 Å². The molecule has 0 N–H and O–H groups in total. The van der Waals surface area contributed by atoms with Crippen molar-refractivity contribution in [3.05, 3.63) is 133 Å². The van der Waals surface area contributed by atoms with Crippen LogP contribution in [-0.2, 0) is 40.5 Å². The molecule has 0 aliphatic carbocycles. The minimum Gasteiger partial charge on any atom is -0.379 e. The van der Waals surface area contributed by atoms with E-state index in [9.17, 15) is 33.7 Å². The van der Waals surface area contributed by atoms with Gasteiger partial charge in [-0.05, 0) is 48.5 Å². The van der Waals surface area contributed by atoms with E-state index in [1.54, 1.807) is 6.07 Å². The molecule has 12 nitrogen and oxygen atoms in total. The second kappa shape index (κ2) is 12.8. The quantitative estimate of drug-likeness (QED) is 0.163. The Hall–Kier alpha value is -4.90. The maximum Gasteiger partial charge on any atom is 0.339 e. The van der Waals surface area contributed by atoms with Crippen LogP contribution in [0.4, 0.5) is 0 Å². The van der Waals surface area contributed by atoms with Crippen molar-refractivity contribution >= 4 is 40.5 Å². The molecule has 0 heterocycles. The Morgan fingerprint density at radius 1 is 0.326 bits per heavy atom. The van der Waals surface area contributed by atoms with E-state index >= 15 is 0 Å². The Bertz CT molecular complexity index is 2190. The normalized spacial score (nSPS) is 12.2. The smallest absolute Gasteiger partial charge is 0.339 e. The summed E-state index contributed by atoms with van der Waals surface area (Å²) in [6.07, 6.45) is 0. The van der Waals surface area contributed by atoms with Crippen LogP contribution in [0.2, 0.25) is 0 Å². The highest BCUT2D eigenvalue weighted by molar-refractivity contribution is 7.88. The van der Waals surface area contributed by atoms with E-state index in [-0.39, 0.29) is 14.7 Å². The molecule has 0 spiro atoms. The van der Waals surface area contributed by atoms with Crippen LogP contribution in [0.1, 0.15) is 0 Å². The van der Waals surface area contributed by atoms with E-state index in [0.717, 1.165) is 0 Å². The molecule has 0 radical (unpaired) electrons. The molecular formula is C30H22O12S4. The molecule has 5 aromatic rings. The first-order valence-corrected chi connectivity index (χ1v) is 18.6. The highest BCUT2D eigenvalue weighted by Gasteiger charge is 2.31. The highest BCUT2D eigenvalue weighted by Crippen LogP contribution is 2.45. The van der Waals surface area contributed by atoms with Crippen LogP contribution in [0.3, 0.4) is 0 Å². The zero-order chi connectivity index (χ0) is 33.0. The lowest BCUT2D eigenvalue weighted by molar-refractivity contribution is 0.423. The average molecular weight is 703 g/mol. The van der Waals surface area contributed by atoms with Crippen molar-refractivity contribution in [3.63, 3.8) is 0 Å². The molecule has 0 unspecified atom stereocenters. The third-order valence-electron chi connectivity index (χ3n) is 5.92. The minimum atomic E-state index is -4.80. The molecule has 0 aliphatic heterocycles. The Labute approximate surface area is 265 Å². The first kappa shape index (κ1) is 32.5. The molecular weight excluding hydrogens is 681 g/mol. The second-order valence-corrected chi connectivity index (χ2v) is 15.3. The van der Waals surface area contributed by atoms with Gasteiger partial charge in [0, 0.05) is 12.1 Å². The van der Waals surface area contributed by atoms with Crippen molar-refractivity contribution in [2.45, 2.75) is 19.6 Å². The van der Waals surface area contributed by atoms with Gasteiger partial charge in [0.1, 0.15) is 19.6 Å². The zero-order valence-corrected chi connectivity index (χ0v) is 26.5. The van der Waals surface area contributed by atoms with E-state index in [1.165, 1.54) is 115 Å². The largest absolute Gasteiger partial charge is 0.379 e. The molecule has 0 saturated carbocycles. The lowest BCUT2D eigenvalue weighted by atomic mass is 10.3. The zero-order valence-electron chi connectivity index (χ0n) is 23.2. The van der Waals surface area contributed by atoms with Gasteiger partial charge in [0.25, 0.3) is 0 Å². The van der Waals surface area contributed by atoms with E-state index in [4.69, 9.17) is 16.7 Å². The fraction of sp³-hybridized carbons (Fsp3) is 0. The van der Waals surface area contributed by atoms with Gasteiger partial charge >= 0.3 is 40.5 Å². The van der Waals surface area contributed by atoms with E-state index in [2.05, 4.69) is 0 Å². The maximum atomic E-state index is 13.3. The Morgan fingerprint density at radius 2 is 0.587 bits per heavy atom. The van der Waals surface area contributed by atoms with Crippen LogP contribution in [0.15, 0.2) is 153 Å². The summed E-state index contributed by atoms with van der Waals surface area (Å²) in [5, 5.41) is 0. The van der Waals surface area contributed by atoms with Crippen LogP contribution in [0, 0.1) is 0 Å². The van der Waals surface area contributed by atoms with Gasteiger partial charge < -0.3 is 16.7 Å². The molecule has 0 fully saturated rings. The molecule has 46 heavy (non-hydrogen) atoms. The number of benzene rings is 5. The highest BCUT2D eigenvalue weighted by atomic mass is 32.2. The van der Waals surface area contributed by atoms with Crippen molar-refractivity contribution in [1.29, 1.82) is 0 Å². The molecule has 5 aromatic carbocycles. The topological polar surface area (TPSA) is 173 Å². The van der Waals surface area contributed by atoms with Gasteiger partial charge in [-0.25, -0.2) is 0 Å². The molecule has 5 rings (SSSR count). The van der Waals surface area contributed by atoms with Gasteiger partial charge in [-0.15, -0.1) is 0 Å².